The van der Waals surface area contributed by atoms with E-state index in [-0.39, 0.29) is 29.7 Å². The number of alkyl halides is 6. The van der Waals surface area contributed by atoms with Crippen LogP contribution in [-0.2, 0) is 9.47 Å². The Bertz CT molecular complexity index is 1480. The minimum Gasteiger partial charge on any atom is -0.382 e. The molecule has 0 spiro atoms. The Balaban J connectivity index is 1.66. The van der Waals surface area contributed by atoms with Gasteiger partial charge in [0.1, 0.15) is 11.7 Å². The number of nitrogens with zero attached hydrogens (tertiary/aromatic N) is 6. The quantitative estimate of drug-likeness (QED) is 0.306. The van der Waals surface area contributed by atoms with Crippen LogP contribution in [0.15, 0.2) is 30.7 Å². The predicted molar refractivity (Wildman–Crippen MR) is 142 cm³/mol. The molecule has 4 heterocycles. The van der Waals surface area contributed by atoms with Crippen molar-refractivity contribution in [1.82, 2.24) is 39.9 Å². The zero-order chi connectivity index (χ0) is 32.6. The number of imidazole rings is 1. The maximum Gasteiger partial charge on any atom is 0.416 e. The number of rotatable bonds is 11. The van der Waals surface area contributed by atoms with Gasteiger partial charge in [0.25, 0.3) is 5.91 Å². The highest BCUT2D eigenvalue weighted by Gasteiger charge is 2.50. The number of hydrogen-bond acceptors (Lipinski definition) is 7. The van der Waals surface area contributed by atoms with E-state index < -0.39 is 61.2 Å². The molecule has 0 radical (unpaired) electrons. The van der Waals surface area contributed by atoms with Crippen LogP contribution in [-0.4, -0.2) is 92.1 Å². The van der Waals surface area contributed by atoms with E-state index in [0.29, 0.717) is 5.56 Å². The second kappa shape index (κ2) is 12.2. The van der Waals surface area contributed by atoms with Crippen LogP contribution in [0.4, 0.5) is 31.1 Å². The first kappa shape index (κ1) is 33.0. The lowest BCUT2D eigenvalue weighted by atomic mass is 10.1. The van der Waals surface area contributed by atoms with Gasteiger partial charge in [0.05, 0.1) is 49.9 Å². The Morgan fingerprint density at radius 2 is 1.86 bits per heavy atom. The Hall–Kier alpha value is -3.93. The molecule has 0 unspecified atom stereocenters. The molecule has 3 atom stereocenters. The second-order valence-electron chi connectivity index (χ2n) is 11.0. The number of fused-ring (bicyclic) bond motifs is 1. The van der Waals surface area contributed by atoms with Gasteiger partial charge in [-0.3, -0.25) is 9.48 Å². The van der Waals surface area contributed by atoms with E-state index in [1.54, 1.807) is 13.8 Å². The van der Waals surface area contributed by atoms with E-state index in [9.17, 15) is 35.9 Å². The third kappa shape index (κ3) is 6.90. The molecule has 1 aliphatic rings. The van der Waals surface area contributed by atoms with Crippen LogP contribution >= 0.6 is 0 Å². The fourth-order valence-corrected chi connectivity index (χ4v) is 4.51. The summed E-state index contributed by atoms with van der Waals surface area (Å²) in [6, 6.07) is -2.43. The molecule has 2 N–H and O–H groups in total. The van der Waals surface area contributed by atoms with Gasteiger partial charge in [-0.1, -0.05) is 0 Å². The SMILES string of the molecule is COC[C@H](c1cnn2cc([C@H](COC(C)(C)C(F)(F)F)NC(=O)c3ccnn3C(C)C)nc2c1)N1C[C@@H](C(F)(F)F)NC1=O. The predicted octanol–water partition coefficient (Wildman–Crippen LogP) is 3.98. The van der Waals surface area contributed by atoms with Crippen molar-refractivity contribution in [2.24, 2.45) is 0 Å². The lowest BCUT2D eigenvalue weighted by molar-refractivity contribution is -0.265. The van der Waals surface area contributed by atoms with Crippen LogP contribution in [0.2, 0.25) is 0 Å². The summed E-state index contributed by atoms with van der Waals surface area (Å²) in [6.45, 7) is 3.86. The van der Waals surface area contributed by atoms with Crippen molar-refractivity contribution >= 4 is 17.6 Å². The highest BCUT2D eigenvalue weighted by molar-refractivity contribution is 5.92. The summed E-state index contributed by atoms with van der Waals surface area (Å²) in [5.41, 5.74) is -1.86. The first-order valence-electron chi connectivity index (χ1n) is 13.5. The third-order valence-electron chi connectivity index (χ3n) is 7.13. The zero-order valence-corrected chi connectivity index (χ0v) is 24.4. The zero-order valence-electron chi connectivity index (χ0n) is 24.4. The van der Waals surface area contributed by atoms with E-state index >= 15 is 0 Å². The van der Waals surface area contributed by atoms with Gasteiger partial charge in [-0.05, 0) is 39.8 Å². The molecule has 44 heavy (non-hydrogen) atoms. The maximum absolute atomic E-state index is 13.6. The summed E-state index contributed by atoms with van der Waals surface area (Å²) < 4.78 is 93.6. The van der Waals surface area contributed by atoms with Crippen LogP contribution in [0, 0.1) is 0 Å². The molecule has 0 aromatic carbocycles. The molecule has 12 nitrogen and oxygen atoms in total. The van der Waals surface area contributed by atoms with Gasteiger partial charge in [-0.15, -0.1) is 0 Å². The van der Waals surface area contributed by atoms with E-state index in [4.69, 9.17) is 9.47 Å². The number of amides is 3. The Morgan fingerprint density at radius 1 is 1.16 bits per heavy atom. The lowest BCUT2D eigenvalue weighted by Crippen LogP contribution is -2.44. The van der Waals surface area contributed by atoms with Gasteiger partial charge in [0, 0.05) is 24.9 Å². The average molecular weight is 635 g/mol. The molecule has 0 bridgehead atoms. The van der Waals surface area contributed by atoms with E-state index in [0.717, 1.165) is 18.7 Å². The molecule has 242 valence electrons. The summed E-state index contributed by atoms with van der Waals surface area (Å²) in [4.78, 5) is 31.1. The number of hydrogen-bond donors (Lipinski definition) is 2. The molecule has 1 aliphatic heterocycles. The van der Waals surface area contributed by atoms with Crippen molar-refractivity contribution in [3.05, 3.63) is 47.7 Å². The summed E-state index contributed by atoms with van der Waals surface area (Å²) in [7, 11) is 1.32. The normalized spacial score (nSPS) is 17.8. The monoisotopic (exact) mass is 634 g/mol. The number of ether oxygens (including phenoxy) is 2. The summed E-state index contributed by atoms with van der Waals surface area (Å²) in [6.07, 6.45) is -5.26. The van der Waals surface area contributed by atoms with Crippen molar-refractivity contribution in [3.63, 3.8) is 0 Å². The first-order chi connectivity index (χ1) is 20.4. The van der Waals surface area contributed by atoms with Crippen LogP contribution in [0.25, 0.3) is 5.65 Å². The van der Waals surface area contributed by atoms with Gasteiger partial charge in [-0.25, -0.2) is 14.3 Å². The summed E-state index contributed by atoms with van der Waals surface area (Å²) >= 11 is 0. The van der Waals surface area contributed by atoms with E-state index in [2.05, 4.69) is 20.5 Å². The van der Waals surface area contributed by atoms with E-state index in [1.807, 2.05) is 5.32 Å². The highest BCUT2D eigenvalue weighted by atomic mass is 19.4. The minimum absolute atomic E-state index is 0.0935. The van der Waals surface area contributed by atoms with Crippen LogP contribution in [0.3, 0.4) is 0 Å². The smallest absolute Gasteiger partial charge is 0.382 e. The number of aromatic nitrogens is 5. The second-order valence-corrected chi connectivity index (χ2v) is 11.0. The number of carbonyl (C=O) groups excluding carboxylic acids is 2. The highest BCUT2D eigenvalue weighted by Crippen LogP contribution is 2.34. The Morgan fingerprint density at radius 3 is 2.45 bits per heavy atom. The van der Waals surface area contributed by atoms with Crippen molar-refractivity contribution < 1.29 is 45.4 Å². The first-order valence-corrected chi connectivity index (χ1v) is 13.5. The number of nitrogens with one attached hydrogen (secondary N) is 2. The van der Waals surface area contributed by atoms with E-state index in [1.165, 1.54) is 47.0 Å². The molecular formula is C26H32F6N8O4. The lowest BCUT2D eigenvalue weighted by Gasteiger charge is -2.30. The number of halogens is 6. The van der Waals surface area contributed by atoms with Gasteiger partial charge >= 0.3 is 18.4 Å². The summed E-state index contributed by atoms with van der Waals surface area (Å²) in [5.74, 6) is -0.639. The van der Waals surface area contributed by atoms with Crippen LogP contribution < -0.4 is 10.6 Å². The van der Waals surface area contributed by atoms with Gasteiger partial charge in [-0.2, -0.15) is 36.5 Å². The molecule has 18 heteroatoms. The molecule has 3 amide bonds. The minimum atomic E-state index is -4.71. The molecule has 3 aromatic rings. The fraction of sp³-hybridized carbons (Fsp3) is 0.577. The molecular weight excluding hydrogens is 602 g/mol. The molecule has 4 rings (SSSR count). The van der Waals surface area contributed by atoms with Gasteiger partial charge in [0.2, 0.25) is 0 Å². The van der Waals surface area contributed by atoms with Crippen molar-refractivity contribution in [2.75, 3.05) is 26.9 Å². The molecule has 0 aliphatic carbocycles. The number of carbonyl (C=O) groups is 2. The van der Waals surface area contributed by atoms with Crippen LogP contribution in [0.5, 0.6) is 0 Å². The van der Waals surface area contributed by atoms with Crippen molar-refractivity contribution in [1.29, 1.82) is 0 Å². The fourth-order valence-electron chi connectivity index (χ4n) is 4.51. The average Bonchev–Trinajstić information content (AvgIpc) is 3.66. The van der Waals surface area contributed by atoms with Gasteiger partial charge in [0.15, 0.2) is 11.2 Å². The van der Waals surface area contributed by atoms with Crippen molar-refractivity contribution in [2.45, 2.75) is 69.8 Å². The molecule has 1 fully saturated rings. The molecule has 3 aromatic heterocycles. The molecule has 0 saturated carbocycles. The Labute approximate surface area is 247 Å². The number of urea groups is 1. The standard InChI is InChI=1S/C26H32F6N8O4/c1-14(2)40-18(6-7-33-40)22(41)36-17(12-44-24(3,4)26(30,31)32)16-10-39-21(35-16)8-15(9-34-39)19(13-43-5)38-11-20(25(27,28)29)37-23(38)42/h6-10,14,17,19-20H,11-13H2,1-5H3,(H,36,41)(H,37,42)/t17-,19+,20-/m0/s1. The molecule has 1 saturated heterocycles. The third-order valence-corrected chi connectivity index (χ3v) is 7.13. The summed E-state index contributed by atoms with van der Waals surface area (Å²) in [5, 5.41) is 12.9. The van der Waals surface area contributed by atoms with Gasteiger partial charge < -0.3 is 25.0 Å². The Kier molecular flexibility index (Phi) is 9.16. The van der Waals surface area contributed by atoms with Crippen LogP contribution in [0.1, 0.15) is 67.6 Å². The maximum atomic E-state index is 13.6. The number of methoxy groups -OCH3 is 1. The largest absolute Gasteiger partial charge is 0.416 e. The van der Waals surface area contributed by atoms with Crippen molar-refractivity contribution in [3.8, 4) is 0 Å². The topological polar surface area (TPSA) is 128 Å².